The maximum absolute atomic E-state index is 13.3. The van der Waals surface area contributed by atoms with E-state index in [1.54, 1.807) is 0 Å². The lowest BCUT2D eigenvalue weighted by Crippen LogP contribution is -2.46. The Morgan fingerprint density at radius 2 is 1.70 bits per heavy atom. The quantitative estimate of drug-likeness (QED) is 0.501. The van der Waals surface area contributed by atoms with Gasteiger partial charge in [-0.15, -0.1) is 0 Å². The third-order valence-corrected chi connectivity index (χ3v) is 8.04. The van der Waals surface area contributed by atoms with Crippen molar-refractivity contribution in [1.82, 2.24) is 9.62 Å². The molecule has 1 fully saturated rings. The SMILES string of the molecule is CCC(C)N1CCC(NS(=O)c2ccc(NC(=O)c3ccccc3C)c3ccccc23)CC1. The van der Waals surface area contributed by atoms with Crippen molar-refractivity contribution in [1.29, 1.82) is 0 Å². The molecule has 0 spiro atoms. The minimum Gasteiger partial charge on any atom is -0.321 e. The van der Waals surface area contributed by atoms with E-state index >= 15 is 0 Å². The first-order chi connectivity index (χ1) is 16.0. The number of piperidine rings is 1. The van der Waals surface area contributed by atoms with E-state index in [2.05, 4.69) is 28.8 Å². The standard InChI is InChI=1S/C27H33N3O2S/c1-4-20(3)30-17-15-21(16-18-30)29-33(32)26-14-13-25(23-11-7-8-12-24(23)26)28-27(31)22-10-6-5-9-19(22)2/h5-14,20-21,29H,4,15-18H2,1-3H3,(H,28,31). The molecule has 1 heterocycles. The molecule has 1 aliphatic heterocycles. The maximum atomic E-state index is 13.3. The highest BCUT2D eigenvalue weighted by atomic mass is 32.2. The summed E-state index contributed by atoms with van der Waals surface area (Å²) in [5.41, 5.74) is 2.31. The lowest BCUT2D eigenvalue weighted by Gasteiger charge is -2.35. The van der Waals surface area contributed by atoms with Crippen LogP contribution in [-0.2, 0) is 11.0 Å². The van der Waals surface area contributed by atoms with Crippen LogP contribution in [0.3, 0.4) is 0 Å². The summed E-state index contributed by atoms with van der Waals surface area (Å²) >= 11 is 0. The second-order valence-electron chi connectivity index (χ2n) is 8.88. The van der Waals surface area contributed by atoms with Crippen molar-refractivity contribution in [3.05, 3.63) is 71.8 Å². The number of benzene rings is 3. The zero-order valence-electron chi connectivity index (χ0n) is 19.6. The first-order valence-electron chi connectivity index (χ1n) is 11.8. The predicted molar refractivity (Wildman–Crippen MR) is 137 cm³/mol. The number of aryl methyl sites for hydroxylation is 1. The lowest BCUT2D eigenvalue weighted by molar-refractivity contribution is 0.102. The zero-order chi connectivity index (χ0) is 23.4. The molecule has 5 nitrogen and oxygen atoms in total. The topological polar surface area (TPSA) is 61.4 Å². The molecule has 1 aliphatic rings. The van der Waals surface area contributed by atoms with Crippen LogP contribution in [0.1, 0.15) is 49.0 Å². The van der Waals surface area contributed by atoms with Crippen molar-refractivity contribution < 1.29 is 9.00 Å². The molecule has 0 saturated carbocycles. The lowest BCUT2D eigenvalue weighted by atomic mass is 10.0. The molecule has 0 aliphatic carbocycles. The van der Waals surface area contributed by atoms with Crippen molar-refractivity contribution in [2.75, 3.05) is 18.4 Å². The molecule has 174 valence electrons. The Balaban J connectivity index is 1.51. The van der Waals surface area contributed by atoms with E-state index in [-0.39, 0.29) is 11.9 Å². The van der Waals surface area contributed by atoms with Gasteiger partial charge in [0.05, 0.1) is 4.90 Å². The summed E-state index contributed by atoms with van der Waals surface area (Å²) in [4.78, 5) is 16.1. The van der Waals surface area contributed by atoms with E-state index in [0.717, 1.165) is 59.3 Å². The molecular weight excluding hydrogens is 430 g/mol. The molecule has 2 atom stereocenters. The molecule has 1 amide bonds. The average Bonchev–Trinajstić information content (AvgIpc) is 2.84. The summed E-state index contributed by atoms with van der Waals surface area (Å²) in [5.74, 6) is -0.140. The van der Waals surface area contributed by atoms with E-state index in [1.165, 1.54) is 0 Å². The molecule has 0 aromatic heterocycles. The molecule has 3 aromatic rings. The molecule has 2 N–H and O–H groups in total. The summed E-state index contributed by atoms with van der Waals surface area (Å²) in [6, 6.07) is 19.9. The van der Waals surface area contributed by atoms with Crippen LogP contribution >= 0.6 is 0 Å². The molecule has 4 rings (SSSR count). The van der Waals surface area contributed by atoms with Crippen molar-refractivity contribution in [2.45, 2.75) is 57.0 Å². The van der Waals surface area contributed by atoms with Gasteiger partial charge < -0.3 is 10.2 Å². The monoisotopic (exact) mass is 463 g/mol. The van der Waals surface area contributed by atoms with Gasteiger partial charge in [0.15, 0.2) is 0 Å². The van der Waals surface area contributed by atoms with Crippen LogP contribution < -0.4 is 10.0 Å². The molecule has 6 heteroatoms. The number of carbonyl (C=O) groups is 1. The van der Waals surface area contributed by atoms with Gasteiger partial charge in [-0.1, -0.05) is 49.4 Å². The van der Waals surface area contributed by atoms with Gasteiger partial charge in [-0.25, -0.2) is 8.93 Å². The number of rotatable bonds is 7. The largest absolute Gasteiger partial charge is 0.321 e. The first kappa shape index (κ1) is 23.6. The minimum atomic E-state index is -1.32. The van der Waals surface area contributed by atoms with Gasteiger partial charge in [-0.3, -0.25) is 4.79 Å². The number of carbonyl (C=O) groups excluding carboxylic acids is 1. The second-order valence-corrected chi connectivity index (χ2v) is 10.1. The van der Waals surface area contributed by atoms with Gasteiger partial charge in [0.2, 0.25) is 0 Å². The summed E-state index contributed by atoms with van der Waals surface area (Å²) in [5, 5.41) is 4.83. The summed E-state index contributed by atoms with van der Waals surface area (Å²) in [7, 11) is -1.32. The average molecular weight is 464 g/mol. The van der Waals surface area contributed by atoms with Crippen LogP contribution in [0.5, 0.6) is 0 Å². The number of nitrogens with one attached hydrogen (secondary N) is 2. The van der Waals surface area contributed by atoms with Crippen molar-refractivity contribution in [3.63, 3.8) is 0 Å². The molecule has 0 radical (unpaired) electrons. The highest BCUT2D eigenvalue weighted by Crippen LogP contribution is 2.29. The van der Waals surface area contributed by atoms with E-state index in [1.807, 2.05) is 67.6 Å². The predicted octanol–water partition coefficient (Wildman–Crippen LogP) is 5.28. The molecule has 33 heavy (non-hydrogen) atoms. The van der Waals surface area contributed by atoms with Crippen LogP contribution in [-0.4, -0.2) is 40.2 Å². The molecule has 2 unspecified atom stereocenters. The Labute approximate surface area is 199 Å². The number of fused-ring (bicyclic) bond motifs is 1. The number of hydrogen-bond acceptors (Lipinski definition) is 3. The van der Waals surface area contributed by atoms with Crippen LogP contribution in [0.4, 0.5) is 5.69 Å². The van der Waals surface area contributed by atoms with Gasteiger partial charge >= 0.3 is 0 Å². The smallest absolute Gasteiger partial charge is 0.255 e. The molecular formula is C27H33N3O2S. The Morgan fingerprint density at radius 3 is 2.39 bits per heavy atom. The summed E-state index contributed by atoms with van der Waals surface area (Å²) in [6.45, 7) is 8.50. The number of hydrogen-bond donors (Lipinski definition) is 2. The molecule has 3 aromatic carbocycles. The van der Waals surface area contributed by atoms with Crippen LogP contribution in [0.25, 0.3) is 10.8 Å². The summed E-state index contributed by atoms with van der Waals surface area (Å²) < 4.78 is 16.7. The number of anilines is 1. The Hall–Kier alpha value is -2.54. The fraction of sp³-hybridized carbons (Fsp3) is 0.370. The minimum absolute atomic E-state index is 0.140. The van der Waals surface area contributed by atoms with Crippen molar-refractivity contribution in [2.24, 2.45) is 0 Å². The van der Waals surface area contributed by atoms with Gasteiger partial charge in [-0.05, 0) is 70.0 Å². The van der Waals surface area contributed by atoms with Gasteiger partial charge in [-0.2, -0.15) is 0 Å². The van der Waals surface area contributed by atoms with Crippen LogP contribution in [0.15, 0.2) is 65.6 Å². The number of amides is 1. The van der Waals surface area contributed by atoms with Gasteiger partial charge in [0.1, 0.15) is 11.0 Å². The number of likely N-dealkylation sites (tertiary alicyclic amines) is 1. The van der Waals surface area contributed by atoms with E-state index in [4.69, 9.17) is 0 Å². The Bertz CT molecular complexity index is 1160. The Morgan fingerprint density at radius 1 is 1.03 bits per heavy atom. The fourth-order valence-electron chi connectivity index (χ4n) is 4.49. The molecule has 0 bridgehead atoms. The highest BCUT2D eigenvalue weighted by molar-refractivity contribution is 7.83. The van der Waals surface area contributed by atoms with Crippen LogP contribution in [0.2, 0.25) is 0 Å². The first-order valence-corrected chi connectivity index (χ1v) is 12.9. The van der Waals surface area contributed by atoms with Gasteiger partial charge in [0.25, 0.3) is 5.91 Å². The molecule has 1 saturated heterocycles. The van der Waals surface area contributed by atoms with Crippen LogP contribution in [0, 0.1) is 6.92 Å². The Kier molecular flexibility index (Phi) is 7.58. The zero-order valence-corrected chi connectivity index (χ0v) is 20.5. The normalized spacial score (nSPS) is 17.1. The highest BCUT2D eigenvalue weighted by Gasteiger charge is 2.24. The van der Waals surface area contributed by atoms with Crippen molar-refractivity contribution >= 4 is 33.4 Å². The van der Waals surface area contributed by atoms with Gasteiger partial charge in [0, 0.05) is 34.1 Å². The third kappa shape index (κ3) is 5.35. The summed E-state index contributed by atoms with van der Waals surface area (Å²) in [6.07, 6.45) is 3.15. The third-order valence-electron chi connectivity index (χ3n) is 6.74. The van der Waals surface area contributed by atoms with Crippen molar-refractivity contribution in [3.8, 4) is 0 Å². The van der Waals surface area contributed by atoms with E-state index in [9.17, 15) is 9.00 Å². The second kappa shape index (κ2) is 10.6. The van der Waals surface area contributed by atoms with E-state index in [0.29, 0.717) is 11.6 Å². The fourth-order valence-corrected chi connectivity index (χ4v) is 5.73. The number of nitrogens with zero attached hydrogens (tertiary/aromatic N) is 1. The van der Waals surface area contributed by atoms with E-state index < -0.39 is 11.0 Å². The maximum Gasteiger partial charge on any atom is 0.255 e.